The Kier molecular flexibility index (Phi) is 3.44. The standard InChI is InChI=1S/C17H12F3N5O2/c18-17(19,20)11-5-12(9-3-4-26-7-9)23-15-10(11)1-2-14-22-13(6-25(14)15)16-24-21-8-27-16/h1-2,5-6,8-9H,3-4,7H2. The molecule has 10 heteroatoms. The van der Waals surface area contributed by atoms with Crippen LogP contribution in [-0.4, -0.2) is 37.8 Å². The molecule has 1 atom stereocenters. The van der Waals surface area contributed by atoms with Gasteiger partial charge in [0.05, 0.1) is 12.2 Å². The smallest absolute Gasteiger partial charge is 0.417 e. The second-order valence-corrected chi connectivity index (χ2v) is 6.32. The van der Waals surface area contributed by atoms with Gasteiger partial charge in [-0.15, -0.1) is 10.2 Å². The first kappa shape index (κ1) is 16.2. The summed E-state index contributed by atoms with van der Waals surface area (Å²) in [6.07, 6.45) is -1.15. The molecule has 7 nitrogen and oxygen atoms in total. The first-order chi connectivity index (χ1) is 13.0. The quantitative estimate of drug-likeness (QED) is 0.534. The molecule has 27 heavy (non-hydrogen) atoms. The van der Waals surface area contributed by atoms with Gasteiger partial charge in [0, 0.05) is 29.8 Å². The molecule has 5 rings (SSSR count). The molecule has 0 spiro atoms. The molecule has 4 aromatic heterocycles. The molecule has 1 aliphatic rings. The Bertz CT molecular complexity index is 1130. The van der Waals surface area contributed by atoms with Crippen molar-refractivity contribution in [3.63, 3.8) is 0 Å². The SMILES string of the molecule is FC(F)(F)c1cc(C2CCOC2)nc2c1ccc1nc(-c3nnco3)cn12. The van der Waals surface area contributed by atoms with Gasteiger partial charge in [-0.25, -0.2) is 9.97 Å². The van der Waals surface area contributed by atoms with Gasteiger partial charge >= 0.3 is 6.18 Å². The van der Waals surface area contributed by atoms with Gasteiger partial charge in [0.1, 0.15) is 17.0 Å². The molecule has 0 N–H and O–H groups in total. The lowest BCUT2D eigenvalue weighted by atomic mass is 10.0. The maximum Gasteiger partial charge on any atom is 0.417 e. The van der Waals surface area contributed by atoms with Crippen LogP contribution in [0.4, 0.5) is 13.2 Å². The summed E-state index contributed by atoms with van der Waals surface area (Å²) < 4.78 is 53.1. The van der Waals surface area contributed by atoms with Crippen LogP contribution in [-0.2, 0) is 10.9 Å². The predicted octanol–water partition coefficient (Wildman–Crippen LogP) is 3.46. The number of hydrogen-bond donors (Lipinski definition) is 0. The summed E-state index contributed by atoms with van der Waals surface area (Å²) in [5.74, 6) is 0.0212. The lowest BCUT2D eigenvalue weighted by Crippen LogP contribution is -2.11. The molecule has 0 radical (unpaired) electrons. The van der Waals surface area contributed by atoms with E-state index in [-0.39, 0.29) is 22.8 Å². The summed E-state index contributed by atoms with van der Waals surface area (Å²) in [6.45, 7) is 0.880. The number of alkyl halides is 3. The number of pyridine rings is 2. The van der Waals surface area contributed by atoms with E-state index in [4.69, 9.17) is 9.15 Å². The van der Waals surface area contributed by atoms with Crippen molar-refractivity contribution in [1.82, 2.24) is 24.6 Å². The van der Waals surface area contributed by atoms with Crippen LogP contribution >= 0.6 is 0 Å². The van der Waals surface area contributed by atoms with E-state index in [1.54, 1.807) is 6.20 Å². The Hall–Kier alpha value is -3.01. The molecule has 4 aromatic rings. The van der Waals surface area contributed by atoms with Crippen molar-refractivity contribution in [2.45, 2.75) is 18.5 Å². The topological polar surface area (TPSA) is 78.3 Å². The van der Waals surface area contributed by atoms with Crippen molar-refractivity contribution in [3.05, 3.63) is 42.0 Å². The number of rotatable bonds is 2. The van der Waals surface area contributed by atoms with Gasteiger partial charge in [-0.1, -0.05) is 0 Å². The van der Waals surface area contributed by atoms with Crippen molar-refractivity contribution in [2.24, 2.45) is 0 Å². The maximum absolute atomic E-state index is 13.7. The molecule has 1 saturated heterocycles. The normalized spacial score (nSPS) is 18.0. The highest BCUT2D eigenvalue weighted by Crippen LogP contribution is 2.37. The molecule has 0 saturated carbocycles. The summed E-state index contributed by atoms with van der Waals surface area (Å²) in [5.41, 5.74) is 0.640. The second kappa shape index (κ2) is 5.74. The van der Waals surface area contributed by atoms with Gasteiger partial charge in [0.15, 0.2) is 0 Å². The van der Waals surface area contributed by atoms with Crippen LogP contribution in [0.1, 0.15) is 23.6 Å². The van der Waals surface area contributed by atoms with Crippen LogP contribution in [0.5, 0.6) is 0 Å². The predicted molar refractivity (Wildman–Crippen MR) is 87.0 cm³/mol. The summed E-state index contributed by atoms with van der Waals surface area (Å²) in [5, 5.41) is 7.40. The largest absolute Gasteiger partial charge is 0.422 e. The van der Waals surface area contributed by atoms with Gasteiger partial charge in [-0.05, 0) is 24.6 Å². The van der Waals surface area contributed by atoms with Crippen LogP contribution in [0.3, 0.4) is 0 Å². The van der Waals surface area contributed by atoms with Crippen LogP contribution in [0.15, 0.2) is 35.2 Å². The van der Waals surface area contributed by atoms with E-state index in [9.17, 15) is 13.2 Å². The van der Waals surface area contributed by atoms with Gasteiger partial charge in [-0.3, -0.25) is 4.40 Å². The minimum atomic E-state index is -4.50. The van der Waals surface area contributed by atoms with Crippen LogP contribution < -0.4 is 0 Å². The van der Waals surface area contributed by atoms with E-state index in [0.29, 0.717) is 36.7 Å². The number of aromatic nitrogens is 5. The van der Waals surface area contributed by atoms with E-state index >= 15 is 0 Å². The third-order valence-electron chi connectivity index (χ3n) is 4.65. The summed E-state index contributed by atoms with van der Waals surface area (Å²) in [6, 6.07) is 4.03. The van der Waals surface area contributed by atoms with Crippen molar-refractivity contribution < 1.29 is 22.3 Å². The molecule has 1 unspecified atom stereocenters. The number of hydrogen-bond acceptors (Lipinski definition) is 6. The van der Waals surface area contributed by atoms with Crippen LogP contribution in [0.2, 0.25) is 0 Å². The minimum absolute atomic E-state index is 0.00662. The molecule has 0 bridgehead atoms. The molecule has 1 fully saturated rings. The first-order valence-corrected chi connectivity index (χ1v) is 8.25. The summed E-state index contributed by atoms with van der Waals surface area (Å²) >= 11 is 0. The number of ether oxygens (including phenoxy) is 1. The van der Waals surface area contributed by atoms with Crippen molar-refractivity contribution in [3.8, 4) is 11.6 Å². The average molecular weight is 375 g/mol. The highest BCUT2D eigenvalue weighted by molar-refractivity contribution is 5.83. The van der Waals surface area contributed by atoms with Crippen molar-refractivity contribution in [1.29, 1.82) is 0 Å². The van der Waals surface area contributed by atoms with E-state index in [0.717, 1.165) is 12.5 Å². The van der Waals surface area contributed by atoms with Gasteiger partial charge in [0.25, 0.3) is 5.89 Å². The van der Waals surface area contributed by atoms with Gasteiger partial charge in [-0.2, -0.15) is 13.2 Å². The van der Waals surface area contributed by atoms with Gasteiger partial charge < -0.3 is 9.15 Å². The Balaban J connectivity index is 1.80. The fraction of sp³-hybridized carbons (Fsp3) is 0.294. The third kappa shape index (κ3) is 2.64. The highest BCUT2D eigenvalue weighted by Gasteiger charge is 2.35. The second-order valence-electron chi connectivity index (χ2n) is 6.32. The zero-order valence-corrected chi connectivity index (χ0v) is 13.8. The molecule has 1 aliphatic heterocycles. The van der Waals surface area contributed by atoms with Crippen molar-refractivity contribution in [2.75, 3.05) is 13.2 Å². The summed E-state index contributed by atoms with van der Waals surface area (Å²) in [4.78, 5) is 8.88. The van der Waals surface area contributed by atoms with E-state index < -0.39 is 11.7 Å². The monoisotopic (exact) mass is 375 g/mol. The lowest BCUT2D eigenvalue weighted by Gasteiger charge is -2.15. The first-order valence-electron chi connectivity index (χ1n) is 8.25. The molecule has 0 aliphatic carbocycles. The van der Waals surface area contributed by atoms with E-state index in [2.05, 4.69) is 20.2 Å². The fourth-order valence-corrected chi connectivity index (χ4v) is 3.35. The van der Waals surface area contributed by atoms with Crippen molar-refractivity contribution >= 4 is 16.7 Å². The number of halogens is 3. The Labute approximate surface area is 149 Å². The molecule has 138 valence electrons. The average Bonchev–Trinajstić information content (AvgIpc) is 3.40. The number of fused-ring (bicyclic) bond motifs is 3. The summed E-state index contributed by atoms with van der Waals surface area (Å²) in [7, 11) is 0. The molecular weight excluding hydrogens is 363 g/mol. The molecule has 0 amide bonds. The fourth-order valence-electron chi connectivity index (χ4n) is 3.35. The van der Waals surface area contributed by atoms with Gasteiger partial charge in [0.2, 0.25) is 6.39 Å². The third-order valence-corrected chi connectivity index (χ3v) is 4.65. The Morgan fingerprint density at radius 3 is 2.78 bits per heavy atom. The van der Waals surface area contributed by atoms with E-state index in [1.807, 2.05) is 0 Å². The Morgan fingerprint density at radius 1 is 1.19 bits per heavy atom. The zero-order chi connectivity index (χ0) is 18.6. The number of nitrogens with zero attached hydrogens (tertiary/aromatic N) is 5. The van der Waals surface area contributed by atoms with Crippen LogP contribution in [0, 0.1) is 0 Å². The molecule has 0 aromatic carbocycles. The lowest BCUT2D eigenvalue weighted by molar-refractivity contribution is -0.136. The minimum Gasteiger partial charge on any atom is -0.422 e. The van der Waals surface area contributed by atoms with Crippen LogP contribution in [0.25, 0.3) is 28.3 Å². The molecular formula is C17H12F3N5O2. The molecule has 5 heterocycles. The zero-order valence-electron chi connectivity index (χ0n) is 13.8. The Morgan fingerprint density at radius 2 is 2.07 bits per heavy atom. The number of imidazole rings is 1. The maximum atomic E-state index is 13.7. The highest BCUT2D eigenvalue weighted by atomic mass is 19.4. The van der Waals surface area contributed by atoms with E-state index in [1.165, 1.54) is 16.5 Å².